The highest BCUT2D eigenvalue weighted by molar-refractivity contribution is 7.93. The van der Waals surface area contributed by atoms with Crippen molar-refractivity contribution in [2.24, 2.45) is 0 Å². The van der Waals surface area contributed by atoms with Crippen LogP contribution in [0.3, 0.4) is 0 Å². The number of halogens is 2. The molecular weight excluding hydrogens is 509 g/mol. The van der Waals surface area contributed by atoms with Crippen LogP contribution in [0.25, 0.3) is 0 Å². The zero-order valence-corrected chi connectivity index (χ0v) is 21.5. The standard InChI is InChI=1S/C24H29ClFN5O2S2/c25-20-13-23(35(32,33)31-24-29-11-12-34-24)21(26)14-22(20)30-15-18(17-5-2-1-3-6-17)8-10-27-16-19-7-4-9-28-19/h1-3,5-6,11-14,18-19,27-28,30H,4,7-10,15-16H2,(H,29,31). The Balaban J connectivity index is 1.41. The van der Waals surface area contributed by atoms with E-state index in [0.29, 0.717) is 18.3 Å². The molecule has 1 aromatic heterocycles. The van der Waals surface area contributed by atoms with E-state index in [1.807, 2.05) is 18.2 Å². The van der Waals surface area contributed by atoms with Gasteiger partial charge in [0.1, 0.15) is 10.7 Å². The molecule has 0 spiro atoms. The summed E-state index contributed by atoms with van der Waals surface area (Å²) in [5.74, 6) is -0.725. The minimum absolute atomic E-state index is 0.128. The Morgan fingerprint density at radius 2 is 2.09 bits per heavy atom. The normalized spacial score (nSPS) is 16.8. The lowest BCUT2D eigenvalue weighted by molar-refractivity contribution is 0.511. The van der Waals surface area contributed by atoms with Crippen LogP contribution in [-0.4, -0.2) is 45.6 Å². The summed E-state index contributed by atoms with van der Waals surface area (Å²) < 4.78 is 42.3. The van der Waals surface area contributed by atoms with E-state index in [0.717, 1.165) is 49.5 Å². The first-order valence-electron chi connectivity index (χ1n) is 11.6. The van der Waals surface area contributed by atoms with Gasteiger partial charge < -0.3 is 16.0 Å². The maximum Gasteiger partial charge on any atom is 0.266 e. The lowest BCUT2D eigenvalue weighted by Crippen LogP contribution is -2.35. The SMILES string of the molecule is O=S(=O)(Nc1nccs1)c1cc(Cl)c(NCC(CCNCC2CCCN2)c2ccccc2)cc1F. The van der Waals surface area contributed by atoms with Crippen LogP contribution in [0.4, 0.5) is 15.2 Å². The fourth-order valence-corrected chi connectivity index (χ4v) is 6.31. The third-order valence-electron chi connectivity index (χ3n) is 6.00. The molecule has 1 fully saturated rings. The first-order chi connectivity index (χ1) is 16.9. The van der Waals surface area contributed by atoms with Crippen molar-refractivity contribution in [2.75, 3.05) is 36.2 Å². The van der Waals surface area contributed by atoms with Crippen molar-refractivity contribution < 1.29 is 12.8 Å². The zero-order valence-electron chi connectivity index (χ0n) is 19.1. The minimum atomic E-state index is -4.15. The van der Waals surface area contributed by atoms with E-state index >= 15 is 0 Å². The fraction of sp³-hybridized carbons (Fsp3) is 0.375. The van der Waals surface area contributed by atoms with Gasteiger partial charge in [-0.25, -0.2) is 17.8 Å². The first kappa shape index (κ1) is 25.8. The highest BCUT2D eigenvalue weighted by atomic mass is 35.5. The highest BCUT2D eigenvalue weighted by Crippen LogP contribution is 2.30. The number of rotatable bonds is 12. The topological polar surface area (TPSA) is 95.2 Å². The van der Waals surface area contributed by atoms with Crippen LogP contribution in [0, 0.1) is 5.82 Å². The Labute approximate surface area is 214 Å². The Morgan fingerprint density at radius 1 is 1.26 bits per heavy atom. The van der Waals surface area contributed by atoms with Gasteiger partial charge in [-0.05, 0) is 50.0 Å². The molecule has 2 heterocycles. The number of thiazole rings is 1. The molecule has 7 nitrogen and oxygen atoms in total. The van der Waals surface area contributed by atoms with E-state index in [1.165, 1.54) is 24.6 Å². The van der Waals surface area contributed by atoms with Gasteiger partial charge in [-0.2, -0.15) is 0 Å². The number of nitrogens with one attached hydrogen (secondary N) is 4. The van der Waals surface area contributed by atoms with Gasteiger partial charge in [0.05, 0.1) is 10.7 Å². The van der Waals surface area contributed by atoms with Crippen molar-refractivity contribution in [3.05, 3.63) is 70.4 Å². The lowest BCUT2D eigenvalue weighted by Gasteiger charge is -2.21. The number of sulfonamides is 1. The maximum atomic E-state index is 14.8. The summed E-state index contributed by atoms with van der Waals surface area (Å²) in [4.78, 5) is 3.36. The number of hydrogen-bond donors (Lipinski definition) is 4. The van der Waals surface area contributed by atoms with E-state index in [9.17, 15) is 12.8 Å². The molecule has 2 atom stereocenters. The molecule has 2 aromatic carbocycles. The summed E-state index contributed by atoms with van der Waals surface area (Å²) in [6.45, 7) is 3.40. The van der Waals surface area contributed by atoms with Gasteiger partial charge in [0.2, 0.25) is 0 Å². The molecule has 0 radical (unpaired) electrons. The Hall–Kier alpha value is -2.24. The van der Waals surface area contributed by atoms with Gasteiger partial charge in [-0.3, -0.25) is 4.72 Å². The Morgan fingerprint density at radius 3 is 2.80 bits per heavy atom. The summed E-state index contributed by atoms with van der Waals surface area (Å²) in [7, 11) is -4.15. The summed E-state index contributed by atoms with van der Waals surface area (Å²) in [6.07, 6.45) is 4.77. The average molecular weight is 538 g/mol. The van der Waals surface area contributed by atoms with E-state index in [2.05, 4.69) is 37.8 Å². The number of aromatic nitrogens is 1. The molecule has 11 heteroatoms. The molecule has 3 aromatic rings. The molecule has 0 amide bonds. The molecule has 0 saturated carbocycles. The van der Waals surface area contributed by atoms with Gasteiger partial charge in [0.25, 0.3) is 10.0 Å². The Bertz CT molecular complexity index is 1190. The van der Waals surface area contributed by atoms with Crippen molar-refractivity contribution in [2.45, 2.75) is 36.1 Å². The molecule has 2 unspecified atom stereocenters. The second-order valence-corrected chi connectivity index (χ2v) is 11.4. The van der Waals surface area contributed by atoms with Crippen molar-refractivity contribution in [1.82, 2.24) is 15.6 Å². The molecule has 188 valence electrons. The molecule has 0 aliphatic carbocycles. The highest BCUT2D eigenvalue weighted by Gasteiger charge is 2.23. The lowest BCUT2D eigenvalue weighted by atomic mass is 9.95. The predicted molar refractivity (Wildman–Crippen MR) is 141 cm³/mol. The molecule has 35 heavy (non-hydrogen) atoms. The zero-order chi connectivity index (χ0) is 24.7. The predicted octanol–water partition coefficient (Wildman–Crippen LogP) is 4.66. The van der Waals surface area contributed by atoms with Gasteiger partial charge in [0, 0.05) is 36.6 Å². The van der Waals surface area contributed by atoms with Crippen LogP contribution in [0.1, 0.15) is 30.7 Å². The van der Waals surface area contributed by atoms with E-state index in [-0.39, 0.29) is 16.1 Å². The van der Waals surface area contributed by atoms with Crippen LogP contribution in [-0.2, 0) is 10.0 Å². The van der Waals surface area contributed by atoms with Crippen LogP contribution in [0.15, 0.2) is 58.9 Å². The largest absolute Gasteiger partial charge is 0.383 e. The number of benzene rings is 2. The summed E-state index contributed by atoms with van der Waals surface area (Å²) in [6, 6.07) is 12.9. The van der Waals surface area contributed by atoms with Crippen LogP contribution < -0.4 is 20.7 Å². The molecule has 0 bridgehead atoms. The van der Waals surface area contributed by atoms with Gasteiger partial charge >= 0.3 is 0 Å². The van der Waals surface area contributed by atoms with Crippen LogP contribution >= 0.6 is 22.9 Å². The quantitative estimate of drug-likeness (QED) is 0.251. The smallest absolute Gasteiger partial charge is 0.266 e. The second-order valence-electron chi connectivity index (χ2n) is 8.48. The second kappa shape index (κ2) is 12.1. The van der Waals surface area contributed by atoms with Gasteiger partial charge in [-0.15, -0.1) is 11.3 Å². The average Bonchev–Trinajstić information content (AvgIpc) is 3.55. The fourth-order valence-electron chi connectivity index (χ4n) is 4.14. The van der Waals surface area contributed by atoms with E-state index in [4.69, 9.17) is 11.6 Å². The molecule has 4 N–H and O–H groups in total. The van der Waals surface area contributed by atoms with Gasteiger partial charge in [-0.1, -0.05) is 41.9 Å². The third-order valence-corrected chi connectivity index (χ3v) is 8.48. The van der Waals surface area contributed by atoms with Crippen molar-refractivity contribution >= 4 is 43.8 Å². The molecule has 1 saturated heterocycles. The van der Waals surface area contributed by atoms with Crippen molar-refractivity contribution in [1.29, 1.82) is 0 Å². The minimum Gasteiger partial charge on any atom is -0.383 e. The number of nitrogens with zero attached hydrogens (tertiary/aromatic N) is 1. The molecule has 1 aliphatic heterocycles. The summed E-state index contributed by atoms with van der Waals surface area (Å²) in [5.41, 5.74) is 1.52. The van der Waals surface area contributed by atoms with E-state index < -0.39 is 20.7 Å². The first-order valence-corrected chi connectivity index (χ1v) is 14.3. The van der Waals surface area contributed by atoms with Crippen molar-refractivity contribution in [3.63, 3.8) is 0 Å². The van der Waals surface area contributed by atoms with Crippen LogP contribution in [0.2, 0.25) is 5.02 Å². The van der Waals surface area contributed by atoms with Gasteiger partial charge in [0.15, 0.2) is 5.13 Å². The number of anilines is 2. The molecule has 1 aliphatic rings. The third kappa shape index (κ3) is 7.14. The Kier molecular flexibility index (Phi) is 8.96. The van der Waals surface area contributed by atoms with Crippen molar-refractivity contribution in [3.8, 4) is 0 Å². The molecule has 4 rings (SSSR count). The summed E-state index contributed by atoms with van der Waals surface area (Å²) in [5, 5.41) is 12.2. The monoisotopic (exact) mass is 537 g/mol. The number of hydrogen-bond acceptors (Lipinski definition) is 7. The molecular formula is C24H29ClFN5O2S2. The van der Waals surface area contributed by atoms with E-state index in [1.54, 1.807) is 5.38 Å². The maximum absolute atomic E-state index is 14.8. The summed E-state index contributed by atoms with van der Waals surface area (Å²) >= 11 is 7.47. The van der Waals surface area contributed by atoms with Crippen LogP contribution in [0.5, 0.6) is 0 Å².